The first kappa shape index (κ1) is 17.6. The van der Waals surface area contributed by atoms with Crippen LogP contribution in [0.4, 0.5) is 22.0 Å². The van der Waals surface area contributed by atoms with E-state index in [0.717, 1.165) is 18.5 Å². The molecule has 3 N–H and O–H groups in total. The van der Waals surface area contributed by atoms with Gasteiger partial charge in [-0.1, -0.05) is 0 Å². The van der Waals surface area contributed by atoms with Crippen LogP contribution in [0, 0.1) is 0 Å². The van der Waals surface area contributed by atoms with Gasteiger partial charge in [0.2, 0.25) is 0 Å². The molecule has 11 heteroatoms. The lowest BCUT2D eigenvalue weighted by Gasteiger charge is -2.36. The summed E-state index contributed by atoms with van der Waals surface area (Å²) in [6.07, 6.45) is 3.12. The van der Waals surface area contributed by atoms with Gasteiger partial charge in [0.1, 0.15) is 23.3 Å². The second-order valence-electron chi connectivity index (χ2n) is 6.96. The fraction of sp³-hybridized carbons (Fsp3) is 0.389. The summed E-state index contributed by atoms with van der Waals surface area (Å²) in [6, 6.07) is 3.28. The third-order valence-electron chi connectivity index (χ3n) is 5.22. The molecule has 0 spiro atoms. The van der Waals surface area contributed by atoms with Crippen molar-refractivity contribution in [1.29, 1.82) is 0 Å². The van der Waals surface area contributed by atoms with Crippen LogP contribution in [0.1, 0.15) is 18.5 Å². The predicted octanol–water partition coefficient (Wildman–Crippen LogP) is 1.63. The van der Waals surface area contributed by atoms with Crippen molar-refractivity contribution in [3.63, 3.8) is 0 Å². The van der Waals surface area contributed by atoms with E-state index in [-0.39, 0.29) is 24.8 Å². The fourth-order valence-electron chi connectivity index (χ4n) is 3.52. The van der Waals surface area contributed by atoms with Gasteiger partial charge in [0.05, 0.1) is 37.2 Å². The molecule has 2 aliphatic rings. The van der Waals surface area contributed by atoms with E-state index in [9.17, 15) is 4.79 Å². The van der Waals surface area contributed by atoms with Crippen LogP contribution >= 0.6 is 0 Å². The lowest BCUT2D eigenvalue weighted by Crippen LogP contribution is -2.52. The third-order valence-corrected chi connectivity index (χ3v) is 5.22. The minimum atomic E-state index is -0.287. The lowest BCUT2D eigenvalue weighted by atomic mass is 9.89. The van der Waals surface area contributed by atoms with Crippen molar-refractivity contribution >= 4 is 34.4 Å². The molecule has 150 valence electrons. The Balaban J connectivity index is 1.66. The molecule has 1 amide bonds. The molecule has 1 saturated carbocycles. The van der Waals surface area contributed by atoms with E-state index >= 15 is 0 Å². The molecular formula is C18H20N8O3. The Kier molecular flexibility index (Phi) is 4.16. The molecule has 29 heavy (non-hydrogen) atoms. The number of carbonyl (C=O) groups is 1. The molecule has 4 bridgehead atoms. The topological polar surface area (TPSA) is 128 Å². The molecule has 5 rings (SSSR count). The molecule has 11 nitrogen and oxygen atoms in total. The van der Waals surface area contributed by atoms with Gasteiger partial charge in [-0.3, -0.25) is 0 Å². The number of imidazole rings is 1. The largest absolute Gasteiger partial charge is 0.478 e. The minimum Gasteiger partial charge on any atom is -0.478 e. The van der Waals surface area contributed by atoms with E-state index in [1.807, 2.05) is 6.07 Å². The quantitative estimate of drug-likeness (QED) is 0.592. The fourth-order valence-corrected chi connectivity index (χ4v) is 3.52. The van der Waals surface area contributed by atoms with E-state index in [2.05, 4.69) is 36.1 Å². The normalized spacial score (nSPS) is 20.8. The van der Waals surface area contributed by atoms with Gasteiger partial charge >= 0.3 is 6.03 Å². The van der Waals surface area contributed by atoms with Crippen molar-refractivity contribution in [2.75, 3.05) is 24.8 Å². The Morgan fingerprint density at radius 2 is 2.21 bits per heavy atom. The van der Waals surface area contributed by atoms with Crippen LogP contribution in [0.5, 0.6) is 5.88 Å². The molecule has 0 radical (unpaired) electrons. The number of nitrogens with zero attached hydrogens (tertiary/aromatic N) is 5. The van der Waals surface area contributed by atoms with Crippen LogP contribution in [-0.2, 0) is 11.3 Å². The highest BCUT2D eigenvalue weighted by atomic mass is 16.5. The first-order valence-corrected chi connectivity index (χ1v) is 9.32. The van der Waals surface area contributed by atoms with E-state index in [0.29, 0.717) is 34.2 Å². The summed E-state index contributed by atoms with van der Waals surface area (Å²) in [7, 11) is 3.32. The summed E-state index contributed by atoms with van der Waals surface area (Å²) in [6.45, 7) is 0.285. The molecule has 3 aromatic heterocycles. The predicted molar refractivity (Wildman–Crippen MR) is 104 cm³/mol. The molecule has 0 aromatic carbocycles. The smallest absolute Gasteiger partial charge is 0.328 e. The highest BCUT2D eigenvalue weighted by molar-refractivity contribution is 5.94. The summed E-state index contributed by atoms with van der Waals surface area (Å²) in [5.74, 6) is 0.842. The maximum Gasteiger partial charge on any atom is 0.328 e. The van der Waals surface area contributed by atoms with E-state index < -0.39 is 0 Å². The van der Waals surface area contributed by atoms with Gasteiger partial charge in [0, 0.05) is 13.1 Å². The van der Waals surface area contributed by atoms with Gasteiger partial charge in [0.25, 0.3) is 5.88 Å². The van der Waals surface area contributed by atoms with Crippen LogP contribution in [-0.4, -0.2) is 57.1 Å². The average Bonchev–Trinajstić information content (AvgIpc) is 3.14. The number of rotatable bonds is 2. The molecule has 1 aliphatic heterocycles. The Morgan fingerprint density at radius 3 is 2.97 bits per heavy atom. The Labute approximate surface area is 165 Å². The second kappa shape index (κ2) is 6.85. The van der Waals surface area contributed by atoms with Gasteiger partial charge in [-0.05, 0) is 18.9 Å². The standard InChI is InChI=1S/C18H20N8O3/c1-19-11-6-14-21-12-5-9(24-25-17(12)28-2)7-29-13-4-3-10(13)22-18(27)26-8-20-15(11)16(26)23-14/h5-6,8,10,13H,3-4,7H2,1-2H3,(H,22,27)(H2,19,21,23)/t10-,13-/m1/s1. The number of carbonyl (C=O) groups excluding carboxylic acids is 1. The van der Waals surface area contributed by atoms with Gasteiger partial charge < -0.3 is 25.4 Å². The van der Waals surface area contributed by atoms with Gasteiger partial charge in [-0.25, -0.2) is 19.3 Å². The molecule has 0 saturated heterocycles. The minimum absolute atomic E-state index is 0.0707. The van der Waals surface area contributed by atoms with Crippen LogP contribution in [0.25, 0.3) is 11.2 Å². The van der Waals surface area contributed by atoms with Crippen molar-refractivity contribution in [2.24, 2.45) is 0 Å². The highest BCUT2D eigenvalue weighted by Gasteiger charge is 2.34. The SMILES string of the molecule is CNc1cc2nc3c1ncn3C(=O)N[C@@H]1CC[C@H]1OCc1cc(c(OC)nn1)N2. The van der Waals surface area contributed by atoms with Crippen LogP contribution in [0.3, 0.4) is 0 Å². The van der Waals surface area contributed by atoms with Gasteiger partial charge in [-0.2, -0.15) is 0 Å². The van der Waals surface area contributed by atoms with E-state index in [1.54, 1.807) is 13.1 Å². The van der Waals surface area contributed by atoms with Crippen molar-refractivity contribution in [1.82, 2.24) is 30.0 Å². The molecule has 0 unspecified atom stereocenters. The number of fused-ring (bicyclic) bond motifs is 4. The summed E-state index contributed by atoms with van der Waals surface area (Å²) in [4.78, 5) is 21.8. The molecule has 3 aromatic rings. The Bertz CT molecular complexity index is 1100. The van der Waals surface area contributed by atoms with Crippen molar-refractivity contribution in [3.8, 4) is 5.88 Å². The number of hydrogen-bond donors (Lipinski definition) is 3. The second-order valence-corrected chi connectivity index (χ2v) is 6.96. The van der Waals surface area contributed by atoms with Crippen LogP contribution < -0.4 is 20.7 Å². The lowest BCUT2D eigenvalue weighted by molar-refractivity contribution is -0.0337. The number of nitrogens with one attached hydrogen (secondary N) is 3. The third kappa shape index (κ3) is 2.99. The Hall–Kier alpha value is -3.47. The highest BCUT2D eigenvalue weighted by Crippen LogP contribution is 2.31. The summed E-state index contributed by atoms with van der Waals surface area (Å²) >= 11 is 0. The molecule has 2 atom stereocenters. The summed E-state index contributed by atoms with van der Waals surface area (Å²) in [5, 5.41) is 17.6. The summed E-state index contributed by atoms with van der Waals surface area (Å²) in [5.41, 5.74) is 3.03. The number of hydrogen-bond acceptors (Lipinski definition) is 9. The van der Waals surface area contributed by atoms with Crippen molar-refractivity contribution in [3.05, 3.63) is 24.2 Å². The zero-order valence-electron chi connectivity index (χ0n) is 16.0. The van der Waals surface area contributed by atoms with Gasteiger partial charge in [-0.15, -0.1) is 10.2 Å². The van der Waals surface area contributed by atoms with E-state index in [4.69, 9.17) is 9.47 Å². The molecule has 1 fully saturated rings. The first-order chi connectivity index (χ1) is 14.2. The van der Waals surface area contributed by atoms with Crippen LogP contribution in [0.15, 0.2) is 18.5 Å². The number of pyridine rings is 1. The summed E-state index contributed by atoms with van der Waals surface area (Å²) < 4.78 is 12.7. The average molecular weight is 396 g/mol. The molecule has 1 aliphatic carbocycles. The monoisotopic (exact) mass is 396 g/mol. The van der Waals surface area contributed by atoms with Crippen molar-refractivity contribution < 1.29 is 14.3 Å². The Morgan fingerprint density at radius 1 is 1.31 bits per heavy atom. The van der Waals surface area contributed by atoms with Gasteiger partial charge in [0.15, 0.2) is 5.65 Å². The number of amides is 1. The molecule has 4 heterocycles. The maximum absolute atomic E-state index is 12.9. The van der Waals surface area contributed by atoms with Crippen molar-refractivity contribution in [2.45, 2.75) is 31.6 Å². The number of anilines is 3. The van der Waals surface area contributed by atoms with E-state index in [1.165, 1.54) is 18.0 Å². The van der Waals surface area contributed by atoms with Crippen LogP contribution in [0.2, 0.25) is 0 Å². The molecular weight excluding hydrogens is 376 g/mol. The number of ether oxygens (including phenoxy) is 2. The maximum atomic E-state index is 12.9. The zero-order valence-corrected chi connectivity index (χ0v) is 16.0. The first-order valence-electron chi connectivity index (χ1n) is 9.32. The number of methoxy groups -OCH3 is 1. The zero-order chi connectivity index (χ0) is 20.0. The number of aromatic nitrogens is 5.